The van der Waals surface area contributed by atoms with Crippen molar-refractivity contribution in [1.82, 2.24) is 4.98 Å². The van der Waals surface area contributed by atoms with Gasteiger partial charge in [-0.25, -0.2) is 13.4 Å². The summed E-state index contributed by atoms with van der Waals surface area (Å²) in [4.78, 5) is 17.0. The quantitative estimate of drug-likeness (QED) is 0.728. The summed E-state index contributed by atoms with van der Waals surface area (Å²) < 4.78 is 24.0. The molecular formula is C19H20N2O3S2. The Kier molecular flexibility index (Phi) is 4.62. The van der Waals surface area contributed by atoms with Crippen molar-refractivity contribution in [2.75, 3.05) is 11.6 Å². The third-order valence-corrected chi connectivity index (χ3v) is 6.07. The molecule has 1 heterocycles. The van der Waals surface area contributed by atoms with Gasteiger partial charge in [-0.3, -0.25) is 10.1 Å². The number of hydrogen-bond donors (Lipinski definition) is 1. The second-order valence-electron chi connectivity index (χ2n) is 7.20. The van der Waals surface area contributed by atoms with Crippen molar-refractivity contribution in [1.29, 1.82) is 0 Å². The molecule has 136 valence electrons. The Morgan fingerprint density at radius 1 is 1.08 bits per heavy atom. The summed E-state index contributed by atoms with van der Waals surface area (Å²) in [7, 11) is -3.28. The maximum absolute atomic E-state index is 12.4. The molecule has 1 aromatic heterocycles. The number of sulfone groups is 1. The summed E-state index contributed by atoms with van der Waals surface area (Å²) in [5, 5.41) is 3.22. The summed E-state index contributed by atoms with van der Waals surface area (Å²) in [5.74, 6) is -0.243. The van der Waals surface area contributed by atoms with Crippen LogP contribution in [0.1, 0.15) is 36.7 Å². The summed E-state index contributed by atoms with van der Waals surface area (Å²) in [6.45, 7) is 6.36. The lowest BCUT2D eigenvalue weighted by Gasteiger charge is -2.18. The fraction of sp³-hybridized carbons (Fsp3) is 0.263. The molecule has 0 radical (unpaired) electrons. The second-order valence-corrected chi connectivity index (χ2v) is 10.2. The molecule has 1 amide bonds. The van der Waals surface area contributed by atoms with Gasteiger partial charge in [-0.1, -0.05) is 44.2 Å². The molecule has 0 saturated carbocycles. The summed E-state index contributed by atoms with van der Waals surface area (Å²) in [6.07, 6.45) is 1.17. The lowest BCUT2D eigenvalue weighted by molar-refractivity contribution is 0.102. The van der Waals surface area contributed by atoms with E-state index < -0.39 is 9.84 Å². The zero-order valence-corrected chi connectivity index (χ0v) is 16.7. The van der Waals surface area contributed by atoms with Gasteiger partial charge in [-0.2, -0.15) is 0 Å². The largest absolute Gasteiger partial charge is 0.298 e. The van der Waals surface area contributed by atoms with Crippen LogP contribution in [-0.4, -0.2) is 25.6 Å². The van der Waals surface area contributed by atoms with Gasteiger partial charge in [0.05, 0.1) is 15.1 Å². The van der Waals surface area contributed by atoms with E-state index in [9.17, 15) is 13.2 Å². The zero-order valence-electron chi connectivity index (χ0n) is 15.0. The molecule has 1 N–H and O–H groups in total. The van der Waals surface area contributed by atoms with Crippen LogP contribution in [0.4, 0.5) is 5.13 Å². The highest BCUT2D eigenvalue weighted by Crippen LogP contribution is 2.29. The van der Waals surface area contributed by atoms with Crippen molar-refractivity contribution < 1.29 is 13.2 Å². The summed E-state index contributed by atoms with van der Waals surface area (Å²) >= 11 is 1.25. The normalized spacial score (nSPS) is 12.3. The first-order valence-electron chi connectivity index (χ1n) is 8.06. The molecule has 0 atom stereocenters. The molecule has 3 rings (SSSR count). The molecule has 3 aromatic rings. The Morgan fingerprint density at radius 2 is 1.73 bits per heavy atom. The van der Waals surface area contributed by atoms with Gasteiger partial charge in [-0.05, 0) is 41.3 Å². The Bertz CT molecular complexity index is 1080. The van der Waals surface area contributed by atoms with Crippen molar-refractivity contribution in [2.24, 2.45) is 0 Å². The third kappa shape index (κ3) is 3.94. The number of carbonyl (C=O) groups is 1. The topological polar surface area (TPSA) is 76.1 Å². The van der Waals surface area contributed by atoms with E-state index in [1.165, 1.54) is 23.7 Å². The molecule has 0 spiro atoms. The molecule has 5 nitrogen and oxygen atoms in total. The number of anilines is 1. The first kappa shape index (κ1) is 18.5. The van der Waals surface area contributed by atoms with Crippen LogP contribution < -0.4 is 5.32 Å². The van der Waals surface area contributed by atoms with Gasteiger partial charge >= 0.3 is 0 Å². The van der Waals surface area contributed by atoms with Crippen LogP contribution >= 0.6 is 11.3 Å². The molecule has 0 aliphatic rings. The van der Waals surface area contributed by atoms with Gasteiger partial charge in [-0.15, -0.1) is 0 Å². The number of nitrogens with one attached hydrogen (secondary N) is 1. The average molecular weight is 389 g/mol. The lowest BCUT2D eigenvalue weighted by Crippen LogP contribution is -2.14. The van der Waals surface area contributed by atoms with E-state index in [1.807, 2.05) is 12.1 Å². The molecule has 26 heavy (non-hydrogen) atoms. The first-order valence-corrected chi connectivity index (χ1v) is 10.8. The Balaban J connectivity index is 1.83. The van der Waals surface area contributed by atoms with E-state index in [0.717, 1.165) is 5.56 Å². The van der Waals surface area contributed by atoms with E-state index >= 15 is 0 Å². The van der Waals surface area contributed by atoms with Crippen molar-refractivity contribution in [3.63, 3.8) is 0 Å². The van der Waals surface area contributed by atoms with Crippen LogP contribution in [0.15, 0.2) is 47.4 Å². The van der Waals surface area contributed by atoms with Crippen LogP contribution in [-0.2, 0) is 15.3 Å². The van der Waals surface area contributed by atoms with Gasteiger partial charge in [0.15, 0.2) is 15.0 Å². The van der Waals surface area contributed by atoms with E-state index in [0.29, 0.717) is 20.9 Å². The number of amides is 1. The maximum Gasteiger partial charge on any atom is 0.257 e. The van der Waals surface area contributed by atoms with Gasteiger partial charge in [0.25, 0.3) is 5.91 Å². The molecule has 0 fully saturated rings. The predicted molar refractivity (Wildman–Crippen MR) is 106 cm³/mol. The number of nitrogens with zero attached hydrogens (tertiary/aromatic N) is 1. The number of hydrogen-bond acceptors (Lipinski definition) is 5. The van der Waals surface area contributed by atoms with Gasteiger partial charge < -0.3 is 0 Å². The lowest BCUT2D eigenvalue weighted by atomic mass is 9.87. The number of benzene rings is 2. The number of thiazole rings is 1. The second kappa shape index (κ2) is 6.48. The highest BCUT2D eigenvalue weighted by molar-refractivity contribution is 7.90. The van der Waals surface area contributed by atoms with Crippen molar-refractivity contribution in [3.8, 4) is 0 Å². The Labute approximate surface area is 157 Å². The molecule has 0 unspecified atom stereocenters. The zero-order chi connectivity index (χ0) is 19.1. The van der Waals surface area contributed by atoms with Crippen molar-refractivity contribution in [2.45, 2.75) is 31.1 Å². The highest BCUT2D eigenvalue weighted by Gasteiger charge is 2.16. The molecule has 0 aliphatic carbocycles. The number of fused-ring (bicyclic) bond motifs is 1. The summed E-state index contributed by atoms with van der Waals surface area (Å²) in [5.41, 5.74) is 2.39. The first-order chi connectivity index (χ1) is 12.0. The van der Waals surface area contributed by atoms with Gasteiger partial charge in [0, 0.05) is 11.8 Å². The van der Waals surface area contributed by atoms with Crippen LogP contribution in [0.25, 0.3) is 10.2 Å². The monoisotopic (exact) mass is 388 g/mol. The van der Waals surface area contributed by atoms with Crippen LogP contribution in [0.5, 0.6) is 0 Å². The van der Waals surface area contributed by atoms with Crippen LogP contribution in [0.2, 0.25) is 0 Å². The minimum Gasteiger partial charge on any atom is -0.298 e. The fourth-order valence-corrected chi connectivity index (χ4v) is 4.10. The van der Waals surface area contributed by atoms with Crippen molar-refractivity contribution >= 4 is 42.4 Å². The Morgan fingerprint density at radius 3 is 2.31 bits per heavy atom. The molecular weight excluding hydrogens is 368 g/mol. The molecule has 0 saturated heterocycles. The Hall–Kier alpha value is -2.25. The number of rotatable bonds is 3. The minimum absolute atomic E-state index is 0.0271. The third-order valence-electron chi connectivity index (χ3n) is 4.02. The molecule has 0 aliphatic heterocycles. The van der Waals surface area contributed by atoms with E-state index in [-0.39, 0.29) is 16.2 Å². The predicted octanol–water partition coefficient (Wildman–Crippen LogP) is 4.25. The molecule has 0 bridgehead atoms. The highest BCUT2D eigenvalue weighted by atomic mass is 32.2. The minimum atomic E-state index is -3.28. The van der Waals surface area contributed by atoms with Crippen molar-refractivity contribution in [3.05, 3.63) is 53.6 Å². The molecule has 7 heteroatoms. The smallest absolute Gasteiger partial charge is 0.257 e. The van der Waals surface area contributed by atoms with E-state index in [2.05, 4.69) is 31.1 Å². The fourth-order valence-electron chi connectivity index (χ4n) is 2.48. The van der Waals surface area contributed by atoms with Gasteiger partial charge in [0.2, 0.25) is 0 Å². The van der Waals surface area contributed by atoms with Crippen LogP contribution in [0, 0.1) is 0 Å². The maximum atomic E-state index is 12.4. The molecule has 2 aromatic carbocycles. The summed E-state index contributed by atoms with van der Waals surface area (Å²) in [6, 6.07) is 12.2. The van der Waals surface area contributed by atoms with E-state index in [1.54, 1.807) is 24.3 Å². The SMILES string of the molecule is CC(C)(C)c1ccc(C(=O)Nc2nc3ccc(S(C)(=O)=O)cc3s2)cc1. The standard InChI is InChI=1S/C19H20N2O3S2/c1-19(2,3)13-7-5-12(6-8-13)17(22)21-18-20-15-10-9-14(26(4,23)24)11-16(15)25-18/h5-11H,1-4H3,(H,20,21,22). The van der Waals surface area contributed by atoms with Gasteiger partial charge in [0.1, 0.15) is 0 Å². The number of aromatic nitrogens is 1. The average Bonchev–Trinajstić information content (AvgIpc) is 2.94. The number of carbonyl (C=O) groups excluding carboxylic acids is 1. The van der Waals surface area contributed by atoms with E-state index in [4.69, 9.17) is 0 Å². The van der Waals surface area contributed by atoms with Crippen LogP contribution in [0.3, 0.4) is 0 Å².